The Morgan fingerprint density at radius 3 is 2.83 bits per heavy atom. The number of para-hydroxylation sites is 1. The first-order valence-electron chi connectivity index (χ1n) is 9.86. The fourth-order valence-electron chi connectivity index (χ4n) is 3.88. The molecule has 0 radical (unpaired) electrons. The molecule has 2 aromatic carbocycles. The highest BCUT2D eigenvalue weighted by molar-refractivity contribution is 5.90. The number of amides is 1. The second-order valence-corrected chi connectivity index (χ2v) is 7.52. The molecule has 2 atom stereocenters. The molecule has 144 valence electrons. The molecule has 2 aromatic heterocycles. The Labute approximate surface area is 168 Å². The molecule has 1 aliphatic rings. The van der Waals surface area contributed by atoms with Crippen molar-refractivity contribution in [3.8, 4) is 17.0 Å². The predicted molar refractivity (Wildman–Crippen MR) is 114 cm³/mol. The van der Waals surface area contributed by atoms with Gasteiger partial charge in [0.25, 0.3) is 0 Å². The molecular formula is C24H21N3O2. The van der Waals surface area contributed by atoms with Gasteiger partial charge in [-0.25, -0.2) is 4.98 Å². The van der Waals surface area contributed by atoms with Crippen molar-refractivity contribution < 1.29 is 9.53 Å². The Hall–Kier alpha value is -3.47. The molecule has 5 heteroatoms. The molecule has 5 nitrogen and oxygen atoms in total. The van der Waals surface area contributed by atoms with E-state index in [2.05, 4.69) is 22.4 Å². The number of fused-ring (bicyclic) bond motifs is 2. The Morgan fingerprint density at radius 1 is 1.07 bits per heavy atom. The molecule has 1 amide bonds. The summed E-state index contributed by atoms with van der Waals surface area (Å²) < 4.78 is 6.35. The highest BCUT2D eigenvalue weighted by Crippen LogP contribution is 2.33. The second kappa shape index (κ2) is 7.17. The molecule has 1 aliphatic heterocycles. The lowest BCUT2D eigenvalue weighted by atomic mass is 10.0. The van der Waals surface area contributed by atoms with Crippen LogP contribution >= 0.6 is 0 Å². The van der Waals surface area contributed by atoms with Crippen LogP contribution in [0.1, 0.15) is 13.3 Å². The molecule has 1 fully saturated rings. The first kappa shape index (κ1) is 17.6. The van der Waals surface area contributed by atoms with E-state index < -0.39 is 0 Å². The molecule has 4 aromatic rings. The van der Waals surface area contributed by atoms with Gasteiger partial charge in [0.2, 0.25) is 5.91 Å². The lowest BCUT2D eigenvalue weighted by molar-refractivity contribution is -0.119. The third kappa shape index (κ3) is 3.40. The van der Waals surface area contributed by atoms with Crippen molar-refractivity contribution in [3.63, 3.8) is 0 Å². The average Bonchev–Trinajstić information content (AvgIpc) is 3.20. The number of ether oxygens (including phenoxy) is 1. The number of nitrogens with one attached hydrogen (secondary N) is 1. The number of pyridine rings is 2. The fourth-order valence-corrected chi connectivity index (χ4v) is 3.88. The van der Waals surface area contributed by atoms with E-state index in [0.29, 0.717) is 13.0 Å². The number of carbonyl (C=O) groups excluding carboxylic acids is 1. The zero-order valence-corrected chi connectivity index (χ0v) is 16.1. The predicted octanol–water partition coefficient (Wildman–Crippen LogP) is 4.35. The topological polar surface area (TPSA) is 64.1 Å². The first-order chi connectivity index (χ1) is 14.2. The SMILES string of the molecule is C[C@@H](Oc1cc(-c2ccc3ccccc3n2)cc2ncccc12)[C@@H]1CNC(=O)C1. The summed E-state index contributed by atoms with van der Waals surface area (Å²) in [6.07, 6.45) is 2.20. The van der Waals surface area contributed by atoms with E-state index in [4.69, 9.17) is 9.72 Å². The Morgan fingerprint density at radius 2 is 1.97 bits per heavy atom. The van der Waals surface area contributed by atoms with Crippen LogP contribution in [0.2, 0.25) is 0 Å². The summed E-state index contributed by atoms with van der Waals surface area (Å²) in [6.45, 7) is 2.68. The van der Waals surface area contributed by atoms with Gasteiger partial charge in [0, 0.05) is 41.4 Å². The molecule has 1 saturated heterocycles. The largest absolute Gasteiger partial charge is 0.490 e. The maximum atomic E-state index is 11.6. The van der Waals surface area contributed by atoms with E-state index in [-0.39, 0.29) is 17.9 Å². The van der Waals surface area contributed by atoms with E-state index >= 15 is 0 Å². The number of hydrogen-bond donors (Lipinski definition) is 1. The van der Waals surface area contributed by atoms with Gasteiger partial charge in [0.15, 0.2) is 0 Å². The van der Waals surface area contributed by atoms with Crippen LogP contribution in [0.15, 0.2) is 66.9 Å². The van der Waals surface area contributed by atoms with Crippen LogP contribution in [0.4, 0.5) is 0 Å². The molecule has 0 unspecified atom stereocenters. The van der Waals surface area contributed by atoms with Gasteiger partial charge in [-0.2, -0.15) is 0 Å². The van der Waals surface area contributed by atoms with Crippen molar-refractivity contribution in [2.45, 2.75) is 19.4 Å². The number of rotatable bonds is 4. The standard InChI is InChI=1S/C24H21N3O2/c1-15(18-13-24(28)26-14-18)29-23-12-17(11-22-19(23)6-4-10-25-22)21-9-8-16-5-2-3-7-20(16)27-21/h2-12,15,18H,13-14H2,1H3,(H,26,28)/t15-,18+/m1/s1. The summed E-state index contributed by atoms with van der Waals surface area (Å²) in [5.41, 5.74) is 3.66. The van der Waals surface area contributed by atoms with Crippen LogP contribution in [0, 0.1) is 5.92 Å². The summed E-state index contributed by atoms with van der Waals surface area (Å²) in [4.78, 5) is 20.9. The Bertz CT molecular complexity index is 1220. The number of nitrogens with zero attached hydrogens (tertiary/aromatic N) is 2. The minimum absolute atomic E-state index is 0.0860. The zero-order valence-electron chi connectivity index (χ0n) is 16.1. The van der Waals surface area contributed by atoms with E-state index in [0.717, 1.165) is 38.8 Å². The summed E-state index contributed by atoms with van der Waals surface area (Å²) in [5.74, 6) is 1.02. The minimum atomic E-state index is -0.0860. The highest BCUT2D eigenvalue weighted by atomic mass is 16.5. The normalized spacial score (nSPS) is 17.4. The molecule has 29 heavy (non-hydrogen) atoms. The molecular weight excluding hydrogens is 362 g/mol. The van der Waals surface area contributed by atoms with Crippen LogP contribution in [0.3, 0.4) is 0 Å². The molecule has 0 bridgehead atoms. The summed E-state index contributed by atoms with van der Waals surface area (Å²) in [7, 11) is 0. The maximum Gasteiger partial charge on any atom is 0.220 e. The third-order valence-electron chi connectivity index (χ3n) is 5.56. The second-order valence-electron chi connectivity index (χ2n) is 7.52. The number of benzene rings is 2. The van der Waals surface area contributed by atoms with Crippen molar-refractivity contribution in [3.05, 3.63) is 66.9 Å². The molecule has 0 spiro atoms. The van der Waals surface area contributed by atoms with E-state index in [1.165, 1.54) is 0 Å². The fraction of sp³-hybridized carbons (Fsp3) is 0.208. The number of carbonyl (C=O) groups is 1. The van der Waals surface area contributed by atoms with Gasteiger partial charge < -0.3 is 10.1 Å². The van der Waals surface area contributed by atoms with Crippen LogP contribution in [-0.2, 0) is 4.79 Å². The quantitative estimate of drug-likeness (QED) is 0.569. The zero-order chi connectivity index (χ0) is 19.8. The van der Waals surface area contributed by atoms with Crippen LogP contribution in [-0.4, -0.2) is 28.5 Å². The third-order valence-corrected chi connectivity index (χ3v) is 5.56. The Balaban J connectivity index is 1.56. The monoisotopic (exact) mass is 383 g/mol. The van der Waals surface area contributed by atoms with Crippen molar-refractivity contribution >= 4 is 27.7 Å². The summed E-state index contributed by atoms with van der Waals surface area (Å²) >= 11 is 0. The molecule has 3 heterocycles. The smallest absolute Gasteiger partial charge is 0.220 e. The highest BCUT2D eigenvalue weighted by Gasteiger charge is 2.28. The number of hydrogen-bond acceptors (Lipinski definition) is 4. The summed E-state index contributed by atoms with van der Waals surface area (Å²) in [6, 6.07) is 20.2. The van der Waals surface area contributed by atoms with Gasteiger partial charge in [0.1, 0.15) is 11.9 Å². The van der Waals surface area contributed by atoms with Crippen molar-refractivity contribution in [1.29, 1.82) is 0 Å². The number of aromatic nitrogens is 2. The minimum Gasteiger partial charge on any atom is -0.490 e. The lowest BCUT2D eigenvalue weighted by Gasteiger charge is -2.21. The Kier molecular flexibility index (Phi) is 4.35. The van der Waals surface area contributed by atoms with Crippen LogP contribution < -0.4 is 10.1 Å². The van der Waals surface area contributed by atoms with Crippen molar-refractivity contribution in [2.75, 3.05) is 6.54 Å². The van der Waals surface area contributed by atoms with Gasteiger partial charge in [-0.05, 0) is 43.3 Å². The van der Waals surface area contributed by atoms with Gasteiger partial charge in [0.05, 0.1) is 16.7 Å². The van der Waals surface area contributed by atoms with E-state index in [9.17, 15) is 4.79 Å². The summed E-state index contributed by atoms with van der Waals surface area (Å²) in [5, 5.41) is 4.96. The van der Waals surface area contributed by atoms with Crippen LogP contribution in [0.25, 0.3) is 33.1 Å². The van der Waals surface area contributed by atoms with E-state index in [1.807, 2.05) is 55.5 Å². The molecule has 0 aliphatic carbocycles. The maximum absolute atomic E-state index is 11.6. The van der Waals surface area contributed by atoms with Gasteiger partial charge in [-0.1, -0.05) is 24.3 Å². The first-order valence-corrected chi connectivity index (χ1v) is 9.86. The van der Waals surface area contributed by atoms with Gasteiger partial charge >= 0.3 is 0 Å². The average molecular weight is 383 g/mol. The van der Waals surface area contributed by atoms with Crippen molar-refractivity contribution in [1.82, 2.24) is 15.3 Å². The van der Waals surface area contributed by atoms with Gasteiger partial charge in [-0.3, -0.25) is 9.78 Å². The van der Waals surface area contributed by atoms with Crippen LogP contribution in [0.5, 0.6) is 5.75 Å². The molecule has 1 N–H and O–H groups in total. The van der Waals surface area contributed by atoms with Crippen molar-refractivity contribution in [2.24, 2.45) is 5.92 Å². The van der Waals surface area contributed by atoms with E-state index in [1.54, 1.807) is 6.20 Å². The molecule has 0 saturated carbocycles. The molecule has 5 rings (SSSR count). The lowest BCUT2D eigenvalue weighted by Crippen LogP contribution is -2.25. The van der Waals surface area contributed by atoms with Gasteiger partial charge in [-0.15, -0.1) is 0 Å².